The van der Waals surface area contributed by atoms with Crippen LogP contribution < -0.4 is 0 Å². The van der Waals surface area contributed by atoms with Crippen LogP contribution in [0.1, 0.15) is 54.6 Å². The molecule has 1 heterocycles. The second-order valence-electron chi connectivity index (χ2n) is 4.83. The molecule has 0 unspecified atom stereocenters. The van der Waals surface area contributed by atoms with Gasteiger partial charge in [-0.3, -0.25) is 4.68 Å². The van der Waals surface area contributed by atoms with Crippen molar-refractivity contribution in [3.63, 3.8) is 0 Å². The maximum absolute atomic E-state index is 11.1. The van der Waals surface area contributed by atoms with Gasteiger partial charge in [-0.15, -0.1) is 0 Å². The second-order valence-corrected chi connectivity index (χ2v) is 4.83. The molecule has 16 heavy (non-hydrogen) atoms. The van der Waals surface area contributed by atoms with Crippen LogP contribution in [0, 0.1) is 5.92 Å². The smallest absolute Gasteiger partial charge is 0.339 e. The van der Waals surface area contributed by atoms with Crippen LogP contribution in [0.5, 0.6) is 0 Å². The van der Waals surface area contributed by atoms with Gasteiger partial charge in [0, 0.05) is 13.0 Å². The van der Waals surface area contributed by atoms with E-state index in [-0.39, 0.29) is 0 Å². The molecule has 0 bridgehead atoms. The summed E-state index contributed by atoms with van der Waals surface area (Å²) < 4.78 is 1.73. The van der Waals surface area contributed by atoms with Gasteiger partial charge in [0.15, 0.2) is 0 Å². The molecule has 4 nitrogen and oxygen atoms in total. The first-order chi connectivity index (χ1) is 7.59. The Morgan fingerprint density at radius 1 is 1.44 bits per heavy atom. The predicted octanol–water partition coefficient (Wildman–Crippen LogP) is 2.41. The molecule has 2 rings (SSSR count). The van der Waals surface area contributed by atoms with Gasteiger partial charge in [-0.05, 0) is 18.8 Å². The van der Waals surface area contributed by atoms with Gasteiger partial charge in [0.05, 0.1) is 11.9 Å². The van der Waals surface area contributed by atoms with Crippen molar-refractivity contribution in [1.82, 2.24) is 9.78 Å². The van der Waals surface area contributed by atoms with Gasteiger partial charge < -0.3 is 5.11 Å². The van der Waals surface area contributed by atoms with E-state index in [1.54, 1.807) is 4.68 Å². The Bertz CT molecular complexity index is 390. The number of hydrogen-bond donors (Lipinski definition) is 1. The molecule has 0 aromatic carbocycles. The molecule has 0 atom stereocenters. The Morgan fingerprint density at radius 3 is 2.62 bits per heavy atom. The molecule has 0 aliphatic heterocycles. The predicted molar refractivity (Wildman–Crippen MR) is 60.5 cm³/mol. The lowest BCUT2D eigenvalue weighted by molar-refractivity contribution is 0.0694. The van der Waals surface area contributed by atoms with Crippen molar-refractivity contribution in [1.29, 1.82) is 0 Å². The van der Waals surface area contributed by atoms with Crippen LogP contribution in [-0.4, -0.2) is 20.9 Å². The molecule has 1 N–H and O–H groups in total. The van der Waals surface area contributed by atoms with E-state index < -0.39 is 5.97 Å². The number of hydrogen-bond acceptors (Lipinski definition) is 2. The Kier molecular flexibility index (Phi) is 2.99. The van der Waals surface area contributed by atoms with E-state index in [4.69, 9.17) is 5.11 Å². The van der Waals surface area contributed by atoms with E-state index in [9.17, 15) is 4.79 Å². The number of rotatable bonds is 2. The zero-order valence-electron chi connectivity index (χ0n) is 9.81. The molecule has 1 fully saturated rings. The lowest BCUT2D eigenvalue weighted by Gasteiger charge is -2.26. The average Bonchev–Trinajstić information content (AvgIpc) is 2.62. The topological polar surface area (TPSA) is 55.1 Å². The lowest BCUT2D eigenvalue weighted by atomic mass is 9.80. The first-order valence-electron chi connectivity index (χ1n) is 5.84. The molecular weight excluding hydrogens is 204 g/mol. The van der Waals surface area contributed by atoms with E-state index in [1.165, 1.54) is 19.0 Å². The molecule has 1 saturated carbocycles. The summed E-state index contributed by atoms with van der Waals surface area (Å²) in [7, 11) is 1.83. The quantitative estimate of drug-likeness (QED) is 0.836. The van der Waals surface area contributed by atoms with Gasteiger partial charge in [0.1, 0.15) is 5.56 Å². The highest BCUT2D eigenvalue weighted by atomic mass is 16.4. The standard InChI is InChI=1S/C12H18N2O2/c1-8-3-5-9(6-4-8)11-10(12(15)16)7-13-14(11)2/h7-9H,3-6H2,1-2H3,(H,15,16). The monoisotopic (exact) mass is 222 g/mol. The Labute approximate surface area is 95.3 Å². The number of nitrogens with zero attached hydrogens (tertiary/aromatic N) is 2. The second kappa shape index (κ2) is 4.28. The summed E-state index contributed by atoms with van der Waals surface area (Å²) in [6, 6.07) is 0. The number of aromatic nitrogens is 2. The van der Waals surface area contributed by atoms with Crippen LogP contribution in [0.3, 0.4) is 0 Å². The van der Waals surface area contributed by atoms with Crippen LogP contribution in [0.4, 0.5) is 0 Å². The number of aryl methyl sites for hydroxylation is 1. The van der Waals surface area contributed by atoms with Gasteiger partial charge in [0.25, 0.3) is 0 Å². The number of carboxylic acid groups (broad SMARTS) is 1. The minimum Gasteiger partial charge on any atom is -0.478 e. The molecule has 1 aromatic rings. The molecule has 1 aliphatic carbocycles. The van der Waals surface area contributed by atoms with Crippen molar-refractivity contribution in [2.24, 2.45) is 13.0 Å². The van der Waals surface area contributed by atoms with Crippen molar-refractivity contribution < 1.29 is 9.90 Å². The van der Waals surface area contributed by atoms with Crippen LogP contribution >= 0.6 is 0 Å². The molecule has 0 saturated heterocycles. The fourth-order valence-electron chi connectivity index (χ4n) is 2.63. The summed E-state index contributed by atoms with van der Waals surface area (Å²) in [6.07, 6.45) is 6.02. The fraction of sp³-hybridized carbons (Fsp3) is 0.667. The number of aromatic carboxylic acids is 1. The first-order valence-corrected chi connectivity index (χ1v) is 5.84. The molecule has 0 spiro atoms. The zero-order chi connectivity index (χ0) is 11.7. The fourth-order valence-corrected chi connectivity index (χ4v) is 2.63. The van der Waals surface area contributed by atoms with Crippen molar-refractivity contribution in [3.8, 4) is 0 Å². The highest BCUT2D eigenvalue weighted by molar-refractivity contribution is 5.88. The number of carbonyl (C=O) groups is 1. The first kappa shape index (κ1) is 11.2. The summed E-state index contributed by atoms with van der Waals surface area (Å²) in [4.78, 5) is 11.1. The Balaban J connectivity index is 2.25. The van der Waals surface area contributed by atoms with Crippen LogP contribution in [0.25, 0.3) is 0 Å². The molecular formula is C12H18N2O2. The van der Waals surface area contributed by atoms with Crippen molar-refractivity contribution in [2.75, 3.05) is 0 Å². The van der Waals surface area contributed by atoms with Crippen molar-refractivity contribution in [2.45, 2.75) is 38.5 Å². The average molecular weight is 222 g/mol. The summed E-state index contributed by atoms with van der Waals surface area (Å²) in [5.74, 6) is 0.286. The molecule has 0 radical (unpaired) electrons. The largest absolute Gasteiger partial charge is 0.478 e. The Morgan fingerprint density at radius 2 is 2.06 bits per heavy atom. The van der Waals surface area contributed by atoms with Gasteiger partial charge in [0.2, 0.25) is 0 Å². The lowest BCUT2D eigenvalue weighted by Crippen LogP contribution is -2.16. The highest BCUT2D eigenvalue weighted by Gasteiger charge is 2.26. The molecule has 0 amide bonds. The van der Waals surface area contributed by atoms with Crippen molar-refractivity contribution in [3.05, 3.63) is 17.5 Å². The summed E-state index contributed by atoms with van der Waals surface area (Å²) >= 11 is 0. The third kappa shape index (κ3) is 1.96. The minimum atomic E-state index is -0.860. The van der Waals surface area contributed by atoms with E-state index >= 15 is 0 Å². The van der Waals surface area contributed by atoms with Crippen LogP contribution in [0.2, 0.25) is 0 Å². The molecule has 4 heteroatoms. The normalized spacial score (nSPS) is 25.6. The SMILES string of the molecule is CC1CCC(c2c(C(=O)O)cnn2C)CC1. The summed E-state index contributed by atoms with van der Waals surface area (Å²) in [5, 5.41) is 13.2. The summed E-state index contributed by atoms with van der Waals surface area (Å²) in [6.45, 7) is 2.26. The van der Waals surface area contributed by atoms with Crippen LogP contribution in [0.15, 0.2) is 6.20 Å². The van der Waals surface area contributed by atoms with E-state index in [2.05, 4.69) is 12.0 Å². The summed E-state index contributed by atoms with van der Waals surface area (Å²) in [5.41, 5.74) is 1.28. The van der Waals surface area contributed by atoms with Crippen LogP contribution in [-0.2, 0) is 7.05 Å². The maximum atomic E-state index is 11.1. The van der Waals surface area contributed by atoms with Gasteiger partial charge >= 0.3 is 5.97 Å². The maximum Gasteiger partial charge on any atom is 0.339 e. The third-order valence-electron chi connectivity index (χ3n) is 3.62. The minimum absolute atomic E-state index is 0.370. The van der Waals surface area contributed by atoms with Crippen molar-refractivity contribution >= 4 is 5.97 Å². The number of carboxylic acids is 1. The highest BCUT2D eigenvalue weighted by Crippen LogP contribution is 2.36. The van der Waals surface area contributed by atoms with E-state index in [0.29, 0.717) is 11.5 Å². The van der Waals surface area contributed by atoms with E-state index in [0.717, 1.165) is 24.5 Å². The van der Waals surface area contributed by atoms with E-state index in [1.807, 2.05) is 7.05 Å². The van der Waals surface area contributed by atoms with Gasteiger partial charge in [-0.1, -0.05) is 19.8 Å². The molecule has 1 aliphatic rings. The molecule has 1 aromatic heterocycles. The third-order valence-corrected chi connectivity index (χ3v) is 3.62. The van der Waals surface area contributed by atoms with Gasteiger partial charge in [-0.2, -0.15) is 5.10 Å². The molecule has 88 valence electrons. The van der Waals surface area contributed by atoms with Gasteiger partial charge in [-0.25, -0.2) is 4.79 Å². The zero-order valence-corrected chi connectivity index (χ0v) is 9.81. The Hall–Kier alpha value is -1.32.